The molecule has 2 rings (SSSR count). The van der Waals surface area contributed by atoms with Gasteiger partial charge in [0.05, 0.1) is 6.07 Å². The molecule has 2 N–H and O–H groups in total. The summed E-state index contributed by atoms with van der Waals surface area (Å²) in [6.07, 6.45) is 0. The van der Waals surface area contributed by atoms with E-state index >= 15 is 0 Å². The minimum atomic E-state index is -0.699. The Kier molecular flexibility index (Phi) is 2.95. The number of hydrogen-bond acceptors (Lipinski definition) is 4. The fraction of sp³-hybridized carbons (Fsp3) is 0.0909. The third-order valence-electron chi connectivity index (χ3n) is 1.92. The molecule has 0 radical (unpaired) electrons. The van der Waals surface area contributed by atoms with Crippen molar-refractivity contribution >= 4 is 5.95 Å². The van der Waals surface area contributed by atoms with Gasteiger partial charge in [-0.25, -0.2) is 0 Å². The van der Waals surface area contributed by atoms with E-state index in [1.54, 1.807) is 0 Å². The zero-order valence-electron chi connectivity index (χ0n) is 8.43. The van der Waals surface area contributed by atoms with Gasteiger partial charge in [0.1, 0.15) is 6.61 Å². The van der Waals surface area contributed by atoms with Gasteiger partial charge >= 0.3 is 0 Å². The summed E-state index contributed by atoms with van der Waals surface area (Å²) >= 11 is 0. The Morgan fingerprint density at radius 3 is 2.62 bits per heavy atom. The molecule has 0 amide bonds. The van der Waals surface area contributed by atoms with Crippen molar-refractivity contribution < 1.29 is 9.13 Å². The van der Waals surface area contributed by atoms with Gasteiger partial charge in [-0.15, -0.1) is 0 Å². The standard InChI is InChI=1S/C11H10FN3O/c12-9-6-10(15-11(13)14-9)16-7-8-4-2-1-3-5-8/h1-6H,7H2,(H2,13,14,15). The molecule has 0 saturated heterocycles. The Hall–Kier alpha value is -2.17. The number of nitrogens with two attached hydrogens (primary N) is 1. The van der Waals surface area contributed by atoms with Crippen molar-refractivity contribution in [3.63, 3.8) is 0 Å². The molecule has 4 nitrogen and oxygen atoms in total. The van der Waals surface area contributed by atoms with Crippen LogP contribution in [0.4, 0.5) is 10.3 Å². The van der Waals surface area contributed by atoms with E-state index in [2.05, 4.69) is 9.97 Å². The lowest BCUT2D eigenvalue weighted by molar-refractivity contribution is 0.291. The second kappa shape index (κ2) is 4.57. The van der Waals surface area contributed by atoms with Crippen molar-refractivity contribution in [3.8, 4) is 5.88 Å². The molecule has 0 aliphatic rings. The number of aromatic nitrogens is 2. The SMILES string of the molecule is Nc1nc(F)cc(OCc2ccccc2)n1. The second-order valence-electron chi connectivity index (χ2n) is 3.16. The average molecular weight is 219 g/mol. The molecule has 1 aromatic carbocycles. The number of nitrogen functional groups attached to an aromatic ring is 1. The summed E-state index contributed by atoms with van der Waals surface area (Å²) in [4.78, 5) is 7.06. The maximum absolute atomic E-state index is 12.8. The molecule has 0 unspecified atom stereocenters. The van der Waals surface area contributed by atoms with Gasteiger partial charge in [0.15, 0.2) is 0 Å². The molecule has 0 bridgehead atoms. The summed E-state index contributed by atoms with van der Waals surface area (Å²) in [5.41, 5.74) is 6.26. The number of halogens is 1. The molecule has 0 spiro atoms. The number of rotatable bonds is 3. The highest BCUT2D eigenvalue weighted by Gasteiger charge is 2.02. The average Bonchev–Trinajstić information content (AvgIpc) is 2.27. The van der Waals surface area contributed by atoms with E-state index in [-0.39, 0.29) is 11.8 Å². The molecule has 0 aliphatic heterocycles. The lowest BCUT2D eigenvalue weighted by Crippen LogP contribution is -2.02. The molecule has 0 saturated carbocycles. The molecule has 1 aromatic heterocycles. The molecular formula is C11H10FN3O. The monoisotopic (exact) mass is 219 g/mol. The Labute approximate surface area is 91.9 Å². The maximum Gasteiger partial charge on any atom is 0.226 e. The molecule has 16 heavy (non-hydrogen) atoms. The third kappa shape index (κ3) is 2.66. The van der Waals surface area contributed by atoms with Gasteiger partial charge in [0.25, 0.3) is 0 Å². The number of ether oxygens (including phenoxy) is 1. The van der Waals surface area contributed by atoms with E-state index in [9.17, 15) is 4.39 Å². The largest absolute Gasteiger partial charge is 0.473 e. The minimum absolute atomic E-state index is 0.133. The Bertz CT molecular complexity index is 456. The van der Waals surface area contributed by atoms with Crippen LogP contribution in [0.25, 0.3) is 0 Å². The van der Waals surface area contributed by atoms with E-state index in [0.29, 0.717) is 6.61 Å². The van der Waals surface area contributed by atoms with E-state index in [4.69, 9.17) is 10.5 Å². The summed E-state index contributed by atoms with van der Waals surface area (Å²) < 4.78 is 18.1. The first-order valence-electron chi connectivity index (χ1n) is 4.71. The predicted molar refractivity (Wildman–Crippen MR) is 57.2 cm³/mol. The van der Waals surface area contributed by atoms with Crippen molar-refractivity contribution in [2.45, 2.75) is 6.61 Å². The highest BCUT2D eigenvalue weighted by atomic mass is 19.1. The second-order valence-corrected chi connectivity index (χ2v) is 3.16. The molecule has 5 heteroatoms. The zero-order valence-corrected chi connectivity index (χ0v) is 8.43. The molecule has 0 fully saturated rings. The topological polar surface area (TPSA) is 61.0 Å². The highest BCUT2D eigenvalue weighted by molar-refractivity contribution is 5.22. The van der Waals surface area contributed by atoms with Crippen LogP contribution in [0, 0.1) is 5.95 Å². The van der Waals surface area contributed by atoms with E-state index < -0.39 is 5.95 Å². The predicted octanol–water partition coefficient (Wildman–Crippen LogP) is 1.78. The van der Waals surface area contributed by atoms with Crippen LogP contribution in [0.15, 0.2) is 36.4 Å². The summed E-state index contributed by atoms with van der Waals surface area (Å²) in [5.74, 6) is -0.701. The smallest absolute Gasteiger partial charge is 0.226 e. The molecule has 2 aromatic rings. The maximum atomic E-state index is 12.8. The quantitative estimate of drug-likeness (QED) is 0.799. The first kappa shape index (κ1) is 10.4. The van der Waals surface area contributed by atoms with Gasteiger partial charge < -0.3 is 10.5 Å². The number of benzene rings is 1. The van der Waals surface area contributed by atoms with Crippen LogP contribution in [0.2, 0.25) is 0 Å². The number of nitrogens with zero attached hydrogens (tertiary/aromatic N) is 2. The van der Waals surface area contributed by atoms with E-state index in [1.165, 1.54) is 0 Å². The minimum Gasteiger partial charge on any atom is -0.473 e. The van der Waals surface area contributed by atoms with Crippen molar-refractivity contribution in [1.29, 1.82) is 0 Å². The van der Waals surface area contributed by atoms with Crippen LogP contribution in [-0.4, -0.2) is 9.97 Å². The molecule has 0 atom stereocenters. The van der Waals surface area contributed by atoms with Crippen LogP contribution in [0.3, 0.4) is 0 Å². The Balaban J connectivity index is 2.05. The summed E-state index contributed by atoms with van der Waals surface area (Å²) in [6.45, 7) is 0.316. The normalized spacial score (nSPS) is 10.1. The van der Waals surface area contributed by atoms with Crippen LogP contribution in [0.1, 0.15) is 5.56 Å². The van der Waals surface area contributed by atoms with E-state index in [1.807, 2.05) is 30.3 Å². The van der Waals surface area contributed by atoms with Crippen LogP contribution in [0.5, 0.6) is 5.88 Å². The molecule has 82 valence electrons. The van der Waals surface area contributed by atoms with Gasteiger partial charge in [-0.1, -0.05) is 30.3 Å². The van der Waals surface area contributed by atoms with Gasteiger partial charge in [-0.3, -0.25) is 0 Å². The first-order valence-corrected chi connectivity index (χ1v) is 4.71. The zero-order chi connectivity index (χ0) is 11.4. The van der Waals surface area contributed by atoms with Crippen LogP contribution >= 0.6 is 0 Å². The number of hydrogen-bond donors (Lipinski definition) is 1. The van der Waals surface area contributed by atoms with Crippen molar-refractivity contribution in [2.24, 2.45) is 0 Å². The first-order chi connectivity index (χ1) is 7.74. The summed E-state index contributed by atoms with van der Waals surface area (Å²) in [6, 6.07) is 10.6. The van der Waals surface area contributed by atoms with Gasteiger partial charge in [-0.05, 0) is 5.56 Å². The third-order valence-corrected chi connectivity index (χ3v) is 1.92. The molecule has 0 aliphatic carbocycles. The van der Waals surface area contributed by atoms with Gasteiger partial charge in [0.2, 0.25) is 17.8 Å². The van der Waals surface area contributed by atoms with Crippen molar-refractivity contribution in [1.82, 2.24) is 9.97 Å². The van der Waals surface area contributed by atoms with Gasteiger partial charge in [-0.2, -0.15) is 14.4 Å². The lowest BCUT2D eigenvalue weighted by atomic mass is 10.2. The fourth-order valence-corrected chi connectivity index (χ4v) is 1.22. The Morgan fingerprint density at radius 2 is 1.94 bits per heavy atom. The van der Waals surface area contributed by atoms with Crippen molar-refractivity contribution in [2.75, 3.05) is 5.73 Å². The lowest BCUT2D eigenvalue weighted by Gasteiger charge is -2.05. The fourth-order valence-electron chi connectivity index (χ4n) is 1.22. The highest BCUT2D eigenvalue weighted by Crippen LogP contribution is 2.11. The number of anilines is 1. The molecule has 1 heterocycles. The van der Waals surface area contributed by atoms with E-state index in [0.717, 1.165) is 11.6 Å². The van der Waals surface area contributed by atoms with Crippen molar-refractivity contribution in [3.05, 3.63) is 47.9 Å². The van der Waals surface area contributed by atoms with Gasteiger partial charge in [0, 0.05) is 0 Å². The Morgan fingerprint density at radius 1 is 1.19 bits per heavy atom. The molecular weight excluding hydrogens is 209 g/mol. The summed E-state index contributed by atoms with van der Waals surface area (Å²) in [5, 5.41) is 0. The van der Waals surface area contributed by atoms with Crippen LogP contribution < -0.4 is 10.5 Å². The van der Waals surface area contributed by atoms with Crippen LogP contribution in [-0.2, 0) is 6.61 Å². The summed E-state index contributed by atoms with van der Waals surface area (Å²) in [7, 11) is 0.